The second-order valence-corrected chi connectivity index (χ2v) is 5.57. The van der Waals surface area contributed by atoms with Crippen molar-refractivity contribution < 1.29 is 4.79 Å². The van der Waals surface area contributed by atoms with Crippen molar-refractivity contribution in [1.82, 2.24) is 9.97 Å². The van der Waals surface area contributed by atoms with Crippen LogP contribution in [-0.4, -0.2) is 15.8 Å². The highest BCUT2D eigenvalue weighted by molar-refractivity contribution is 6.30. The zero-order chi connectivity index (χ0) is 16.4. The van der Waals surface area contributed by atoms with Gasteiger partial charge in [-0.2, -0.15) is 0 Å². The fourth-order valence-corrected chi connectivity index (χ4v) is 2.36. The number of Topliss-reactive ketones (excluding diaryl/α,β-unsaturated/α-hetero) is 1. The van der Waals surface area contributed by atoms with Gasteiger partial charge in [-0.15, -0.1) is 0 Å². The number of anilines is 1. The third-order valence-electron chi connectivity index (χ3n) is 3.51. The highest BCUT2D eigenvalue weighted by Crippen LogP contribution is 2.26. The minimum atomic E-state index is 0.0190. The maximum atomic E-state index is 11.4. The van der Waals surface area contributed by atoms with Gasteiger partial charge in [-0.3, -0.25) is 4.79 Å². The van der Waals surface area contributed by atoms with E-state index >= 15 is 0 Å². The molecular formula is C18H14ClN3O. The standard InChI is InChI=1S/C18H14ClN3O/c1-11(23)12-2-4-14(5-3-12)17-18(20)21-10-16(22-17)13-6-8-15(19)9-7-13/h2-10H,1H3,(H2,20,21). The van der Waals surface area contributed by atoms with Crippen LogP contribution in [-0.2, 0) is 0 Å². The van der Waals surface area contributed by atoms with Crippen molar-refractivity contribution >= 4 is 23.2 Å². The highest BCUT2D eigenvalue weighted by atomic mass is 35.5. The number of aromatic nitrogens is 2. The normalized spacial score (nSPS) is 10.5. The van der Waals surface area contributed by atoms with Crippen molar-refractivity contribution in [2.75, 3.05) is 5.73 Å². The molecule has 3 rings (SSSR count). The molecule has 0 saturated carbocycles. The van der Waals surface area contributed by atoms with Gasteiger partial charge >= 0.3 is 0 Å². The SMILES string of the molecule is CC(=O)c1ccc(-c2nc(-c3ccc(Cl)cc3)cnc2N)cc1. The van der Waals surface area contributed by atoms with Crippen molar-refractivity contribution in [3.63, 3.8) is 0 Å². The molecule has 0 spiro atoms. The summed E-state index contributed by atoms with van der Waals surface area (Å²) in [7, 11) is 0. The molecule has 0 bridgehead atoms. The third-order valence-corrected chi connectivity index (χ3v) is 3.76. The second kappa shape index (κ2) is 6.18. The molecule has 0 atom stereocenters. The average molecular weight is 324 g/mol. The van der Waals surface area contributed by atoms with Gasteiger partial charge in [0, 0.05) is 21.7 Å². The molecule has 0 radical (unpaired) electrons. The van der Waals surface area contributed by atoms with Gasteiger partial charge in [0.1, 0.15) is 11.5 Å². The molecule has 0 saturated heterocycles. The molecule has 0 unspecified atom stereocenters. The summed E-state index contributed by atoms with van der Waals surface area (Å²) in [5, 5.41) is 0.664. The summed E-state index contributed by atoms with van der Waals surface area (Å²) in [4.78, 5) is 20.2. The maximum absolute atomic E-state index is 11.4. The molecule has 2 aromatic carbocycles. The van der Waals surface area contributed by atoms with E-state index in [-0.39, 0.29) is 5.78 Å². The Balaban J connectivity index is 2.03. The molecule has 3 aromatic rings. The van der Waals surface area contributed by atoms with Gasteiger partial charge in [-0.05, 0) is 19.1 Å². The first kappa shape index (κ1) is 15.2. The van der Waals surface area contributed by atoms with Gasteiger partial charge in [-0.1, -0.05) is 48.0 Å². The smallest absolute Gasteiger partial charge is 0.159 e. The first-order valence-corrected chi connectivity index (χ1v) is 7.42. The Morgan fingerprint density at radius 3 is 2.22 bits per heavy atom. The number of halogens is 1. The fourth-order valence-electron chi connectivity index (χ4n) is 2.23. The molecule has 1 heterocycles. The number of carbonyl (C=O) groups excluding carboxylic acids is 1. The van der Waals surface area contributed by atoms with E-state index in [1.165, 1.54) is 6.92 Å². The van der Waals surface area contributed by atoms with Crippen LogP contribution in [0.3, 0.4) is 0 Å². The van der Waals surface area contributed by atoms with Crippen LogP contribution in [0.4, 0.5) is 5.82 Å². The largest absolute Gasteiger partial charge is 0.382 e. The van der Waals surface area contributed by atoms with Crippen LogP contribution in [0, 0.1) is 0 Å². The molecule has 4 nitrogen and oxygen atoms in total. The molecule has 0 fully saturated rings. The number of benzene rings is 2. The van der Waals surface area contributed by atoms with Crippen LogP contribution in [0.5, 0.6) is 0 Å². The van der Waals surface area contributed by atoms with Crippen molar-refractivity contribution in [3.05, 3.63) is 65.3 Å². The Hall–Kier alpha value is -2.72. The number of nitrogens with zero attached hydrogens (tertiary/aromatic N) is 2. The molecule has 114 valence electrons. The lowest BCUT2D eigenvalue weighted by atomic mass is 10.1. The van der Waals surface area contributed by atoms with Gasteiger partial charge < -0.3 is 5.73 Å². The van der Waals surface area contributed by atoms with Gasteiger partial charge in [-0.25, -0.2) is 9.97 Å². The summed E-state index contributed by atoms with van der Waals surface area (Å²) in [5.41, 5.74) is 9.63. The Bertz CT molecular complexity index is 858. The molecule has 0 aliphatic rings. The molecule has 0 aliphatic heterocycles. The lowest BCUT2D eigenvalue weighted by Crippen LogP contribution is -1.99. The molecular weight excluding hydrogens is 310 g/mol. The number of nitrogens with two attached hydrogens (primary N) is 1. The number of ketones is 1. The van der Waals surface area contributed by atoms with Crippen LogP contribution >= 0.6 is 11.6 Å². The van der Waals surface area contributed by atoms with E-state index in [4.69, 9.17) is 17.3 Å². The predicted molar refractivity (Wildman–Crippen MR) is 92.3 cm³/mol. The monoisotopic (exact) mass is 323 g/mol. The minimum absolute atomic E-state index is 0.0190. The van der Waals surface area contributed by atoms with Crippen molar-refractivity contribution in [2.24, 2.45) is 0 Å². The number of rotatable bonds is 3. The van der Waals surface area contributed by atoms with E-state index in [2.05, 4.69) is 9.97 Å². The Morgan fingerprint density at radius 2 is 1.61 bits per heavy atom. The van der Waals surface area contributed by atoms with Gasteiger partial charge in [0.25, 0.3) is 0 Å². The summed E-state index contributed by atoms with van der Waals surface area (Å²) in [6.45, 7) is 1.53. The first-order valence-electron chi connectivity index (χ1n) is 7.04. The lowest BCUT2D eigenvalue weighted by Gasteiger charge is -2.08. The minimum Gasteiger partial charge on any atom is -0.382 e. The lowest BCUT2D eigenvalue weighted by molar-refractivity contribution is 0.101. The molecule has 0 aliphatic carbocycles. The Morgan fingerprint density at radius 1 is 1.00 bits per heavy atom. The van der Waals surface area contributed by atoms with Crippen LogP contribution in [0.15, 0.2) is 54.7 Å². The summed E-state index contributed by atoms with van der Waals surface area (Å²) >= 11 is 5.91. The quantitative estimate of drug-likeness (QED) is 0.732. The van der Waals surface area contributed by atoms with E-state index in [0.717, 1.165) is 11.1 Å². The molecule has 23 heavy (non-hydrogen) atoms. The number of nitrogen functional groups attached to an aromatic ring is 1. The number of hydrogen-bond acceptors (Lipinski definition) is 4. The summed E-state index contributed by atoms with van der Waals surface area (Å²) < 4.78 is 0. The predicted octanol–water partition coefficient (Wildman–Crippen LogP) is 4.25. The van der Waals surface area contributed by atoms with E-state index in [1.807, 2.05) is 24.3 Å². The molecule has 0 amide bonds. The third kappa shape index (κ3) is 3.22. The Labute approximate surface area is 139 Å². The van der Waals surface area contributed by atoms with E-state index in [0.29, 0.717) is 27.8 Å². The molecule has 1 aromatic heterocycles. The van der Waals surface area contributed by atoms with E-state index in [1.54, 1.807) is 30.5 Å². The summed E-state index contributed by atoms with van der Waals surface area (Å²) in [6.07, 6.45) is 1.63. The van der Waals surface area contributed by atoms with Gasteiger partial charge in [0.15, 0.2) is 5.78 Å². The van der Waals surface area contributed by atoms with E-state index in [9.17, 15) is 4.79 Å². The Kier molecular flexibility index (Phi) is 4.08. The second-order valence-electron chi connectivity index (χ2n) is 5.13. The van der Waals surface area contributed by atoms with Crippen LogP contribution < -0.4 is 5.73 Å². The topological polar surface area (TPSA) is 68.9 Å². The average Bonchev–Trinajstić information content (AvgIpc) is 2.56. The maximum Gasteiger partial charge on any atom is 0.159 e. The van der Waals surface area contributed by atoms with Gasteiger partial charge in [0.05, 0.1) is 11.9 Å². The number of hydrogen-bond donors (Lipinski definition) is 1. The summed E-state index contributed by atoms with van der Waals surface area (Å²) in [6, 6.07) is 14.5. The van der Waals surface area contributed by atoms with Crippen LogP contribution in [0.25, 0.3) is 22.5 Å². The zero-order valence-corrected chi connectivity index (χ0v) is 13.2. The van der Waals surface area contributed by atoms with Crippen LogP contribution in [0.2, 0.25) is 5.02 Å². The van der Waals surface area contributed by atoms with Gasteiger partial charge in [0.2, 0.25) is 0 Å². The fraction of sp³-hybridized carbons (Fsp3) is 0.0556. The van der Waals surface area contributed by atoms with E-state index < -0.39 is 0 Å². The van der Waals surface area contributed by atoms with Crippen molar-refractivity contribution in [2.45, 2.75) is 6.92 Å². The van der Waals surface area contributed by atoms with Crippen molar-refractivity contribution in [1.29, 1.82) is 0 Å². The molecule has 5 heteroatoms. The first-order chi connectivity index (χ1) is 11.0. The zero-order valence-electron chi connectivity index (χ0n) is 12.5. The summed E-state index contributed by atoms with van der Waals surface area (Å²) in [5.74, 6) is 0.365. The number of carbonyl (C=O) groups is 1. The highest BCUT2D eigenvalue weighted by Gasteiger charge is 2.10. The van der Waals surface area contributed by atoms with Crippen molar-refractivity contribution in [3.8, 4) is 22.5 Å². The molecule has 2 N–H and O–H groups in total. The van der Waals surface area contributed by atoms with Crippen LogP contribution in [0.1, 0.15) is 17.3 Å².